The fourth-order valence-corrected chi connectivity index (χ4v) is 5.29. The van der Waals surface area contributed by atoms with Crippen LogP contribution in [0.15, 0.2) is 73.8 Å². The molecule has 1 aliphatic carbocycles. The van der Waals surface area contributed by atoms with E-state index in [1.807, 2.05) is 0 Å². The van der Waals surface area contributed by atoms with Gasteiger partial charge >= 0.3 is 17.9 Å². The van der Waals surface area contributed by atoms with Crippen LogP contribution < -0.4 is 9.47 Å². The number of carbonyl (C=O) groups excluding carboxylic acids is 4. The van der Waals surface area contributed by atoms with Gasteiger partial charge in [-0.3, -0.25) is 4.79 Å². The summed E-state index contributed by atoms with van der Waals surface area (Å²) in [5.74, 6) is -0.137. The molecule has 1 fully saturated rings. The maximum absolute atomic E-state index is 13.1. The lowest BCUT2D eigenvalue weighted by Gasteiger charge is -2.27. The van der Waals surface area contributed by atoms with Crippen LogP contribution in [0.3, 0.4) is 0 Å². The number of Topliss-reactive ketones (excluding diaryl/α,β-unsaturated/α-hetero) is 1. The molecule has 9 heteroatoms. The van der Waals surface area contributed by atoms with Gasteiger partial charge in [-0.25, -0.2) is 14.4 Å². The fraction of sp³-hybridized carbons (Fsp3) is 0.474. The second kappa shape index (κ2) is 21.5. The third-order valence-corrected chi connectivity index (χ3v) is 8.01. The van der Waals surface area contributed by atoms with E-state index in [0.717, 1.165) is 83.1 Å². The van der Waals surface area contributed by atoms with Gasteiger partial charge in [0, 0.05) is 30.2 Å². The maximum atomic E-state index is 13.1. The number of hydrogen-bond donors (Lipinski definition) is 0. The molecule has 0 bridgehead atoms. The van der Waals surface area contributed by atoms with Gasteiger partial charge in [-0.2, -0.15) is 0 Å². The van der Waals surface area contributed by atoms with Gasteiger partial charge < -0.3 is 23.7 Å². The quantitative estimate of drug-likeness (QED) is 0.0418. The summed E-state index contributed by atoms with van der Waals surface area (Å²) in [4.78, 5) is 47.8. The molecule has 1 saturated carbocycles. The van der Waals surface area contributed by atoms with E-state index in [2.05, 4.69) is 13.2 Å². The van der Waals surface area contributed by atoms with Crippen molar-refractivity contribution in [3.05, 3.63) is 85.0 Å². The molecular weight excluding hydrogens is 600 g/mol. The normalized spacial score (nSPS) is 15.7. The molecule has 0 saturated heterocycles. The molecule has 0 aromatic heterocycles. The van der Waals surface area contributed by atoms with Crippen LogP contribution in [0.2, 0.25) is 0 Å². The topological polar surface area (TPSA) is 114 Å². The van der Waals surface area contributed by atoms with E-state index in [1.165, 1.54) is 6.08 Å². The van der Waals surface area contributed by atoms with E-state index >= 15 is 0 Å². The summed E-state index contributed by atoms with van der Waals surface area (Å²) in [6.07, 6.45) is 13.2. The number of benzene rings is 2. The van der Waals surface area contributed by atoms with Crippen molar-refractivity contribution < 1.29 is 42.9 Å². The zero-order valence-corrected chi connectivity index (χ0v) is 27.3. The largest absolute Gasteiger partial charge is 0.494 e. The number of hydrogen-bond acceptors (Lipinski definition) is 9. The van der Waals surface area contributed by atoms with Crippen LogP contribution in [-0.4, -0.2) is 56.2 Å². The highest BCUT2D eigenvalue weighted by Crippen LogP contribution is 2.30. The Balaban J connectivity index is 1.28. The highest BCUT2D eigenvalue weighted by molar-refractivity contribution is 5.98. The van der Waals surface area contributed by atoms with Crippen molar-refractivity contribution >= 4 is 23.7 Å². The van der Waals surface area contributed by atoms with Gasteiger partial charge in [0.05, 0.1) is 31.5 Å². The molecule has 0 atom stereocenters. The molecule has 9 nitrogen and oxygen atoms in total. The summed E-state index contributed by atoms with van der Waals surface area (Å²) in [6.45, 7) is 8.82. The van der Waals surface area contributed by atoms with Crippen LogP contribution in [0.4, 0.5) is 0 Å². The van der Waals surface area contributed by atoms with E-state index in [-0.39, 0.29) is 23.8 Å². The molecule has 1 aliphatic rings. The summed E-state index contributed by atoms with van der Waals surface area (Å²) < 4.78 is 27.2. The van der Waals surface area contributed by atoms with Crippen molar-refractivity contribution in [1.29, 1.82) is 0 Å². The number of ether oxygens (including phenoxy) is 5. The zero-order valence-electron chi connectivity index (χ0n) is 27.3. The molecular formula is C38H48O9. The Morgan fingerprint density at radius 1 is 0.596 bits per heavy atom. The molecule has 0 aliphatic heterocycles. The Morgan fingerprint density at radius 2 is 1.09 bits per heavy atom. The highest BCUT2D eigenvalue weighted by Gasteiger charge is 2.27. The van der Waals surface area contributed by atoms with Crippen LogP contribution >= 0.6 is 0 Å². The monoisotopic (exact) mass is 648 g/mol. The number of ketones is 1. The molecule has 2 aromatic rings. The standard InChI is InChI=1S/C38H48O9/c1-3-35(39)45-27-11-7-5-9-25-43-32-19-13-29(14-20-32)37(41)30-15-23-34(24-16-30)47-38(42)31-17-21-33(22-18-31)44-26-10-6-8-12-28-46-36(40)4-2/h3-4,15-18,21-24,29,32H,1-2,5-14,19-20,25-28H2. The van der Waals surface area contributed by atoms with Crippen molar-refractivity contribution in [1.82, 2.24) is 0 Å². The summed E-state index contributed by atoms with van der Waals surface area (Å²) >= 11 is 0. The second-order valence-electron chi connectivity index (χ2n) is 11.6. The van der Waals surface area contributed by atoms with Crippen LogP contribution in [0.25, 0.3) is 0 Å². The van der Waals surface area contributed by atoms with Crippen molar-refractivity contribution in [2.45, 2.75) is 83.2 Å². The van der Waals surface area contributed by atoms with Crippen molar-refractivity contribution in [2.75, 3.05) is 26.4 Å². The second-order valence-corrected chi connectivity index (χ2v) is 11.6. The van der Waals surface area contributed by atoms with E-state index < -0.39 is 11.9 Å². The smallest absolute Gasteiger partial charge is 0.343 e. The first-order chi connectivity index (χ1) is 22.9. The average molecular weight is 649 g/mol. The summed E-state index contributed by atoms with van der Waals surface area (Å²) in [5, 5.41) is 0. The van der Waals surface area contributed by atoms with Gasteiger partial charge in [0.25, 0.3) is 0 Å². The lowest BCUT2D eigenvalue weighted by molar-refractivity contribution is -0.138. The van der Waals surface area contributed by atoms with Gasteiger partial charge in [0.1, 0.15) is 11.5 Å². The number of rotatable bonds is 22. The molecule has 0 radical (unpaired) electrons. The van der Waals surface area contributed by atoms with Crippen LogP contribution in [0, 0.1) is 5.92 Å². The summed E-state index contributed by atoms with van der Waals surface area (Å²) in [7, 11) is 0. The molecule has 3 rings (SSSR count). The first-order valence-corrected chi connectivity index (χ1v) is 16.7. The van der Waals surface area contributed by atoms with E-state index in [1.54, 1.807) is 48.5 Å². The zero-order chi connectivity index (χ0) is 33.7. The molecule has 0 N–H and O–H groups in total. The first-order valence-electron chi connectivity index (χ1n) is 16.7. The highest BCUT2D eigenvalue weighted by atomic mass is 16.5. The van der Waals surface area contributed by atoms with Crippen molar-refractivity contribution in [3.63, 3.8) is 0 Å². The fourth-order valence-electron chi connectivity index (χ4n) is 5.29. The van der Waals surface area contributed by atoms with E-state index in [9.17, 15) is 19.2 Å². The number of esters is 3. The predicted molar refractivity (Wildman–Crippen MR) is 179 cm³/mol. The van der Waals surface area contributed by atoms with Gasteiger partial charge in [0.15, 0.2) is 5.78 Å². The van der Waals surface area contributed by atoms with E-state index in [4.69, 9.17) is 23.7 Å². The molecule has 0 amide bonds. The lowest BCUT2D eigenvalue weighted by Crippen LogP contribution is -2.26. The first kappa shape index (κ1) is 37.2. The Kier molecular flexibility index (Phi) is 17.1. The SMILES string of the molecule is C=CC(=O)OCCCCCCOc1ccc(C(=O)Oc2ccc(C(=O)C3CCC(OCCCCCCOC(=O)C=C)CC3)cc2)cc1. The Labute approximate surface area is 278 Å². The van der Waals surface area contributed by atoms with E-state index in [0.29, 0.717) is 49.1 Å². The number of unbranched alkanes of at least 4 members (excludes halogenated alkanes) is 6. The third kappa shape index (κ3) is 14.4. The van der Waals surface area contributed by atoms with Gasteiger partial charge in [-0.05, 0) is 119 Å². The molecule has 0 heterocycles. The molecule has 0 unspecified atom stereocenters. The number of carbonyl (C=O) groups is 4. The minimum Gasteiger partial charge on any atom is -0.494 e. The minimum atomic E-state index is -0.486. The van der Waals surface area contributed by atoms with Crippen molar-refractivity contribution in [2.24, 2.45) is 5.92 Å². The maximum Gasteiger partial charge on any atom is 0.343 e. The third-order valence-electron chi connectivity index (χ3n) is 8.01. The van der Waals surface area contributed by atoms with Crippen LogP contribution in [0.5, 0.6) is 11.5 Å². The van der Waals surface area contributed by atoms with Crippen LogP contribution in [0.1, 0.15) is 97.8 Å². The predicted octanol–water partition coefficient (Wildman–Crippen LogP) is 7.62. The molecule has 2 aromatic carbocycles. The summed E-state index contributed by atoms with van der Waals surface area (Å²) in [6, 6.07) is 13.6. The Bertz CT molecular complexity index is 1280. The van der Waals surface area contributed by atoms with Gasteiger partial charge in [0.2, 0.25) is 0 Å². The minimum absolute atomic E-state index is 0.0313. The van der Waals surface area contributed by atoms with Gasteiger partial charge in [-0.1, -0.05) is 19.6 Å². The van der Waals surface area contributed by atoms with Gasteiger partial charge in [-0.15, -0.1) is 0 Å². The Hall–Kier alpha value is -4.24. The van der Waals surface area contributed by atoms with Crippen LogP contribution in [-0.2, 0) is 23.8 Å². The molecule has 47 heavy (non-hydrogen) atoms. The summed E-state index contributed by atoms with van der Waals surface area (Å²) in [5.41, 5.74) is 1.02. The molecule has 0 spiro atoms. The lowest BCUT2D eigenvalue weighted by atomic mass is 9.82. The molecule has 254 valence electrons. The van der Waals surface area contributed by atoms with Crippen molar-refractivity contribution in [3.8, 4) is 11.5 Å². The Morgan fingerprint density at radius 3 is 1.64 bits per heavy atom. The average Bonchev–Trinajstić information content (AvgIpc) is 3.10.